The van der Waals surface area contributed by atoms with Crippen LogP contribution in [0, 0.1) is 6.92 Å². The third-order valence-electron chi connectivity index (χ3n) is 5.57. The zero-order valence-corrected chi connectivity index (χ0v) is 18.5. The van der Waals surface area contributed by atoms with Gasteiger partial charge >= 0.3 is 5.97 Å². The van der Waals surface area contributed by atoms with Crippen molar-refractivity contribution >= 4 is 17.7 Å². The minimum Gasteiger partial charge on any atom is -0.497 e. The number of esters is 1. The van der Waals surface area contributed by atoms with E-state index in [4.69, 9.17) is 9.47 Å². The van der Waals surface area contributed by atoms with Crippen LogP contribution in [0.15, 0.2) is 24.3 Å². The molecule has 2 aromatic rings. The minimum absolute atomic E-state index is 0.105. The largest absolute Gasteiger partial charge is 0.497 e. The highest BCUT2D eigenvalue weighted by atomic mass is 16.5. The van der Waals surface area contributed by atoms with Gasteiger partial charge in [0.05, 0.1) is 19.3 Å². The molecule has 8 heteroatoms. The summed E-state index contributed by atoms with van der Waals surface area (Å²) >= 11 is 0. The van der Waals surface area contributed by atoms with Gasteiger partial charge in [0.25, 0.3) is 11.7 Å². The van der Waals surface area contributed by atoms with Gasteiger partial charge in [0.2, 0.25) is 0 Å². The zero-order valence-electron chi connectivity index (χ0n) is 18.5. The van der Waals surface area contributed by atoms with Gasteiger partial charge in [-0.05, 0) is 38.1 Å². The van der Waals surface area contributed by atoms with Crippen molar-refractivity contribution in [3.05, 3.63) is 41.2 Å². The van der Waals surface area contributed by atoms with Crippen LogP contribution in [0.5, 0.6) is 5.75 Å². The summed E-state index contributed by atoms with van der Waals surface area (Å²) in [6.07, 6.45) is 0. The number of carbonyl (C=O) groups is 3. The second-order valence-electron chi connectivity index (χ2n) is 7.38. The van der Waals surface area contributed by atoms with Gasteiger partial charge in [-0.25, -0.2) is 4.79 Å². The molecule has 0 saturated carbocycles. The fraction of sp³-hybridized carbons (Fsp3) is 0.435. The lowest BCUT2D eigenvalue weighted by molar-refractivity contribution is -0.128. The number of hydrogen-bond donors (Lipinski definition) is 1. The molecule has 31 heavy (non-hydrogen) atoms. The van der Waals surface area contributed by atoms with Crippen molar-refractivity contribution in [1.29, 1.82) is 0 Å². The van der Waals surface area contributed by atoms with Crippen LogP contribution in [0.1, 0.15) is 40.4 Å². The number of nitrogens with zero attached hydrogens (tertiary/aromatic N) is 2. The first kappa shape index (κ1) is 22.6. The van der Waals surface area contributed by atoms with Gasteiger partial charge in [0.15, 0.2) is 0 Å². The Hall–Kier alpha value is -3.13. The monoisotopic (exact) mass is 427 g/mol. The van der Waals surface area contributed by atoms with E-state index in [0.29, 0.717) is 35.7 Å². The van der Waals surface area contributed by atoms with Gasteiger partial charge in [-0.3, -0.25) is 9.59 Å². The molecule has 1 saturated heterocycles. The van der Waals surface area contributed by atoms with Crippen LogP contribution in [0.4, 0.5) is 0 Å². The molecule has 1 amide bonds. The van der Waals surface area contributed by atoms with Gasteiger partial charge in [-0.15, -0.1) is 0 Å². The molecular formula is C23H29N3O5. The SMILES string of the molecule is CCOC(=O)c1c(C)[nH]c(C(=O)C(=O)N2CCN(CC)CC2)c1-c1ccc(OC)cc1. The molecule has 2 heterocycles. The van der Waals surface area contributed by atoms with Gasteiger partial charge < -0.3 is 24.3 Å². The van der Waals surface area contributed by atoms with Crippen LogP contribution in [0.3, 0.4) is 0 Å². The van der Waals surface area contributed by atoms with Crippen LogP contribution in [0.25, 0.3) is 11.1 Å². The molecule has 3 rings (SSSR count). The molecule has 0 unspecified atom stereocenters. The number of aryl methyl sites for hydroxylation is 1. The molecule has 1 N–H and O–H groups in total. The summed E-state index contributed by atoms with van der Waals surface area (Å²) in [6.45, 7) is 9.08. The molecule has 166 valence electrons. The van der Waals surface area contributed by atoms with E-state index in [2.05, 4.69) is 16.8 Å². The van der Waals surface area contributed by atoms with Crippen molar-refractivity contribution in [1.82, 2.24) is 14.8 Å². The number of ether oxygens (including phenoxy) is 2. The number of aromatic nitrogens is 1. The van der Waals surface area contributed by atoms with Gasteiger partial charge in [0.1, 0.15) is 11.4 Å². The number of Topliss-reactive ketones (excluding diaryl/α,β-unsaturated/α-hetero) is 1. The van der Waals surface area contributed by atoms with E-state index in [9.17, 15) is 14.4 Å². The second kappa shape index (κ2) is 9.78. The molecule has 0 spiro atoms. The Morgan fingerprint density at radius 3 is 2.23 bits per heavy atom. The van der Waals surface area contributed by atoms with Crippen molar-refractivity contribution in [2.45, 2.75) is 20.8 Å². The van der Waals surface area contributed by atoms with Crippen molar-refractivity contribution in [2.24, 2.45) is 0 Å². The fourth-order valence-corrected chi connectivity index (χ4v) is 3.82. The highest BCUT2D eigenvalue weighted by Crippen LogP contribution is 2.33. The Morgan fingerprint density at radius 1 is 1.03 bits per heavy atom. The van der Waals surface area contributed by atoms with Crippen molar-refractivity contribution < 1.29 is 23.9 Å². The maximum atomic E-state index is 13.2. The molecular weight excluding hydrogens is 398 g/mol. The summed E-state index contributed by atoms with van der Waals surface area (Å²) in [7, 11) is 1.56. The number of nitrogens with one attached hydrogen (secondary N) is 1. The minimum atomic E-state index is -0.658. The number of rotatable bonds is 7. The Bertz CT molecular complexity index is 956. The number of likely N-dealkylation sites (N-methyl/N-ethyl adjacent to an activating group) is 1. The van der Waals surface area contributed by atoms with Gasteiger partial charge in [-0.1, -0.05) is 19.1 Å². The van der Waals surface area contributed by atoms with Crippen LogP contribution in [0.2, 0.25) is 0 Å². The fourth-order valence-electron chi connectivity index (χ4n) is 3.82. The first-order chi connectivity index (χ1) is 14.9. The van der Waals surface area contributed by atoms with E-state index >= 15 is 0 Å². The van der Waals surface area contributed by atoms with Crippen LogP contribution >= 0.6 is 0 Å². The highest BCUT2D eigenvalue weighted by Gasteiger charge is 2.33. The van der Waals surface area contributed by atoms with E-state index < -0.39 is 17.7 Å². The third kappa shape index (κ3) is 4.64. The molecule has 0 bridgehead atoms. The average Bonchev–Trinajstić information content (AvgIpc) is 3.15. The number of ketones is 1. The number of H-pyrrole nitrogens is 1. The summed E-state index contributed by atoms with van der Waals surface area (Å²) in [5.41, 5.74) is 1.85. The number of piperazine rings is 1. The van der Waals surface area contributed by atoms with Crippen molar-refractivity contribution in [3.63, 3.8) is 0 Å². The van der Waals surface area contributed by atoms with Crippen molar-refractivity contribution in [3.8, 4) is 16.9 Å². The standard InChI is InChI=1S/C23H29N3O5/c1-5-25-11-13-26(14-12-25)22(28)21(27)20-19(16-7-9-17(30-4)10-8-16)18(15(3)24-20)23(29)31-6-2/h7-10,24H,5-6,11-14H2,1-4H3. The molecule has 0 atom stereocenters. The van der Waals surface area contributed by atoms with Gasteiger partial charge in [-0.2, -0.15) is 0 Å². The quantitative estimate of drug-likeness (QED) is 0.415. The van der Waals surface area contributed by atoms with E-state index in [1.807, 2.05) is 0 Å². The molecule has 1 aliphatic rings. The van der Waals surface area contributed by atoms with Crippen LogP contribution in [-0.2, 0) is 9.53 Å². The van der Waals surface area contributed by atoms with Crippen LogP contribution < -0.4 is 4.74 Å². The molecule has 8 nitrogen and oxygen atoms in total. The second-order valence-corrected chi connectivity index (χ2v) is 7.38. The Labute approximate surface area is 182 Å². The van der Waals surface area contributed by atoms with Gasteiger partial charge in [0, 0.05) is 37.4 Å². The lowest BCUT2D eigenvalue weighted by Gasteiger charge is -2.33. The predicted octanol–water partition coefficient (Wildman–Crippen LogP) is 2.52. The van der Waals surface area contributed by atoms with Crippen LogP contribution in [-0.4, -0.2) is 78.9 Å². The number of carbonyl (C=O) groups excluding carboxylic acids is 3. The number of benzene rings is 1. The summed E-state index contributed by atoms with van der Waals surface area (Å²) in [5.74, 6) is -1.12. The lowest BCUT2D eigenvalue weighted by atomic mass is 9.98. The summed E-state index contributed by atoms with van der Waals surface area (Å²) in [5, 5.41) is 0. The first-order valence-corrected chi connectivity index (χ1v) is 10.5. The van der Waals surface area contributed by atoms with E-state index in [0.717, 1.165) is 19.6 Å². The third-order valence-corrected chi connectivity index (χ3v) is 5.57. The smallest absolute Gasteiger partial charge is 0.340 e. The number of amides is 1. The zero-order chi connectivity index (χ0) is 22.5. The Kier molecular flexibility index (Phi) is 7.12. The molecule has 1 aromatic carbocycles. The van der Waals surface area contributed by atoms with E-state index in [-0.39, 0.29) is 17.9 Å². The van der Waals surface area contributed by atoms with E-state index in [1.165, 1.54) is 0 Å². The van der Waals surface area contributed by atoms with E-state index in [1.54, 1.807) is 50.1 Å². The molecule has 1 aromatic heterocycles. The summed E-state index contributed by atoms with van der Waals surface area (Å²) in [4.78, 5) is 45.7. The Morgan fingerprint density at radius 2 is 1.68 bits per heavy atom. The maximum Gasteiger partial charge on any atom is 0.340 e. The number of hydrogen-bond acceptors (Lipinski definition) is 6. The lowest BCUT2D eigenvalue weighted by Crippen LogP contribution is -2.50. The normalized spacial score (nSPS) is 14.4. The number of methoxy groups -OCH3 is 1. The summed E-state index contributed by atoms with van der Waals surface area (Å²) in [6, 6.07) is 7.00. The highest BCUT2D eigenvalue weighted by molar-refractivity contribution is 6.43. The molecule has 0 radical (unpaired) electrons. The van der Waals surface area contributed by atoms with Crippen molar-refractivity contribution in [2.75, 3.05) is 46.4 Å². The molecule has 1 aliphatic heterocycles. The maximum absolute atomic E-state index is 13.2. The predicted molar refractivity (Wildman–Crippen MR) is 116 cm³/mol. The Balaban J connectivity index is 2.00. The number of aromatic amines is 1. The molecule has 1 fully saturated rings. The summed E-state index contributed by atoms with van der Waals surface area (Å²) < 4.78 is 10.4. The topological polar surface area (TPSA) is 91.9 Å². The first-order valence-electron chi connectivity index (χ1n) is 10.5. The molecule has 0 aliphatic carbocycles. The average molecular weight is 428 g/mol.